The molecule has 0 aromatic rings. The molecular weight excluding hydrogens is 462 g/mol. The van der Waals surface area contributed by atoms with Crippen LogP contribution in [0.2, 0.25) is 0 Å². The Hall–Kier alpha value is -2.25. The molecule has 3 amide bonds. The van der Waals surface area contributed by atoms with E-state index in [1.807, 2.05) is 6.26 Å². The highest BCUT2D eigenvalue weighted by Gasteiger charge is 2.28. The van der Waals surface area contributed by atoms with Crippen LogP contribution < -0.4 is 27.4 Å². The Labute approximate surface area is 206 Å². The molecule has 0 unspecified atom stereocenters. The summed E-state index contributed by atoms with van der Waals surface area (Å²) >= 11 is 1.57. The molecule has 1 heterocycles. The van der Waals surface area contributed by atoms with E-state index in [9.17, 15) is 14.4 Å². The van der Waals surface area contributed by atoms with E-state index in [0.29, 0.717) is 38.5 Å². The van der Waals surface area contributed by atoms with Crippen LogP contribution in [0, 0.1) is 0 Å². The first-order valence-electron chi connectivity index (χ1n) is 11.4. The second kappa shape index (κ2) is 15.6. The Bertz CT molecular complexity index is 677. The summed E-state index contributed by atoms with van der Waals surface area (Å²) < 4.78 is 10.6. The van der Waals surface area contributed by atoms with Gasteiger partial charge in [-0.25, -0.2) is 4.79 Å². The maximum Gasteiger partial charge on any atom is 0.408 e. The fourth-order valence-electron chi connectivity index (χ4n) is 3.10. The number of hydrogen-bond donors (Lipinski definition) is 5. The zero-order valence-corrected chi connectivity index (χ0v) is 21.5. The first-order valence-corrected chi connectivity index (χ1v) is 12.8. The van der Waals surface area contributed by atoms with E-state index in [2.05, 4.69) is 25.8 Å². The molecule has 196 valence electrons. The first kappa shape index (κ1) is 29.8. The van der Waals surface area contributed by atoms with Crippen LogP contribution in [0.5, 0.6) is 0 Å². The minimum absolute atomic E-state index is 0.117. The molecule has 1 aliphatic rings. The number of nitrogens with zero attached hydrogens (tertiary/aromatic N) is 2. The Morgan fingerprint density at radius 1 is 1.09 bits per heavy atom. The molecule has 1 aliphatic heterocycles. The lowest BCUT2D eigenvalue weighted by Gasteiger charge is -2.27. The summed E-state index contributed by atoms with van der Waals surface area (Å²) in [5, 5.41) is 8.22. The predicted molar refractivity (Wildman–Crippen MR) is 134 cm³/mol. The van der Waals surface area contributed by atoms with E-state index in [1.165, 1.54) is 0 Å². The standard InChI is InChI=1S/C21H41N7O5S/c1-21(2,3)33-20(31)27-15(5-7-25-19(22)23)18(30)26-16(6-14-34-4)17(29)24-8-9-28-10-12-32-13-11-28/h15-16H,5-14H2,1-4H3,(H,24,29)(H,26,30)(H,27,31)(H4,22,23,25)/t15-,16-/m0/s1. The van der Waals surface area contributed by atoms with Gasteiger partial charge < -0.3 is 36.9 Å². The van der Waals surface area contributed by atoms with Crippen molar-refractivity contribution in [3.8, 4) is 0 Å². The highest BCUT2D eigenvalue weighted by atomic mass is 32.2. The molecule has 0 aliphatic carbocycles. The second-order valence-electron chi connectivity index (χ2n) is 8.88. The highest BCUT2D eigenvalue weighted by Crippen LogP contribution is 2.08. The van der Waals surface area contributed by atoms with Crippen LogP contribution in [0.3, 0.4) is 0 Å². The number of guanidine groups is 1. The fraction of sp³-hybridized carbons (Fsp3) is 0.810. The molecule has 1 rings (SSSR count). The van der Waals surface area contributed by atoms with Crippen LogP contribution >= 0.6 is 11.8 Å². The van der Waals surface area contributed by atoms with Gasteiger partial charge in [0, 0.05) is 32.7 Å². The summed E-state index contributed by atoms with van der Waals surface area (Å²) in [5.74, 6) is -0.212. The van der Waals surface area contributed by atoms with E-state index in [4.69, 9.17) is 20.9 Å². The topological polar surface area (TPSA) is 173 Å². The third-order valence-corrected chi connectivity index (χ3v) is 5.44. The molecule has 12 nitrogen and oxygen atoms in total. The number of morpholine rings is 1. The molecule has 2 atom stereocenters. The number of rotatable bonds is 13. The van der Waals surface area contributed by atoms with Gasteiger partial charge >= 0.3 is 6.09 Å². The minimum Gasteiger partial charge on any atom is -0.444 e. The molecule has 0 bridgehead atoms. The van der Waals surface area contributed by atoms with Crippen molar-refractivity contribution in [2.24, 2.45) is 16.5 Å². The number of amides is 3. The van der Waals surface area contributed by atoms with Gasteiger partial charge in [-0.1, -0.05) is 0 Å². The SMILES string of the molecule is CSCC[C@H](NC(=O)[C@H](CCN=C(N)N)NC(=O)OC(C)(C)C)C(=O)NCCN1CCOCC1. The Morgan fingerprint density at radius 2 is 1.74 bits per heavy atom. The van der Waals surface area contributed by atoms with Crippen molar-refractivity contribution in [1.82, 2.24) is 20.9 Å². The van der Waals surface area contributed by atoms with Crippen molar-refractivity contribution in [3.63, 3.8) is 0 Å². The molecular formula is C21H41N7O5S. The molecule has 0 aromatic heterocycles. The summed E-state index contributed by atoms with van der Waals surface area (Å²) in [6.45, 7) is 9.50. The fourth-order valence-corrected chi connectivity index (χ4v) is 3.57. The number of carbonyl (C=O) groups is 3. The molecule has 0 radical (unpaired) electrons. The second-order valence-corrected chi connectivity index (χ2v) is 9.87. The zero-order valence-electron chi connectivity index (χ0n) is 20.7. The molecule has 13 heteroatoms. The Kier molecular flexibility index (Phi) is 13.7. The maximum atomic E-state index is 13.0. The molecule has 0 saturated carbocycles. The molecule has 34 heavy (non-hydrogen) atoms. The van der Waals surface area contributed by atoms with Crippen LogP contribution in [0.4, 0.5) is 4.79 Å². The number of ether oxygens (including phenoxy) is 2. The predicted octanol–water partition coefficient (Wildman–Crippen LogP) is -0.770. The van der Waals surface area contributed by atoms with E-state index in [-0.39, 0.29) is 24.8 Å². The number of alkyl carbamates (subject to hydrolysis) is 1. The van der Waals surface area contributed by atoms with Crippen LogP contribution in [0.1, 0.15) is 33.6 Å². The van der Waals surface area contributed by atoms with Gasteiger partial charge in [0.05, 0.1) is 13.2 Å². The van der Waals surface area contributed by atoms with E-state index in [0.717, 1.165) is 13.1 Å². The highest BCUT2D eigenvalue weighted by molar-refractivity contribution is 7.98. The van der Waals surface area contributed by atoms with Crippen molar-refractivity contribution in [1.29, 1.82) is 0 Å². The van der Waals surface area contributed by atoms with Crippen molar-refractivity contribution < 1.29 is 23.9 Å². The third kappa shape index (κ3) is 13.5. The van der Waals surface area contributed by atoms with Crippen molar-refractivity contribution >= 4 is 35.6 Å². The molecule has 0 aromatic carbocycles. The van der Waals surface area contributed by atoms with Gasteiger partial charge in [-0.2, -0.15) is 11.8 Å². The van der Waals surface area contributed by atoms with Gasteiger partial charge in [0.15, 0.2) is 5.96 Å². The summed E-state index contributed by atoms with van der Waals surface area (Å²) in [4.78, 5) is 44.2. The number of nitrogens with one attached hydrogen (secondary N) is 3. The van der Waals surface area contributed by atoms with Gasteiger partial charge in [-0.3, -0.25) is 19.5 Å². The van der Waals surface area contributed by atoms with Gasteiger partial charge in [-0.05, 0) is 45.6 Å². The zero-order chi connectivity index (χ0) is 25.6. The van der Waals surface area contributed by atoms with Crippen LogP contribution in [0.25, 0.3) is 0 Å². The number of nitrogens with two attached hydrogens (primary N) is 2. The summed E-state index contributed by atoms with van der Waals surface area (Å²) in [6, 6.07) is -1.72. The van der Waals surface area contributed by atoms with Crippen LogP contribution in [-0.4, -0.2) is 104 Å². The van der Waals surface area contributed by atoms with Gasteiger partial charge in [0.25, 0.3) is 0 Å². The smallest absolute Gasteiger partial charge is 0.408 e. The third-order valence-electron chi connectivity index (χ3n) is 4.79. The van der Waals surface area contributed by atoms with Crippen molar-refractivity contribution in [2.45, 2.75) is 51.3 Å². The summed E-state index contributed by atoms with van der Waals surface area (Å²) in [6.07, 6.45) is 1.77. The van der Waals surface area contributed by atoms with Crippen molar-refractivity contribution in [3.05, 3.63) is 0 Å². The van der Waals surface area contributed by atoms with Crippen LogP contribution in [-0.2, 0) is 19.1 Å². The lowest BCUT2D eigenvalue weighted by atomic mass is 10.1. The molecule has 7 N–H and O–H groups in total. The summed E-state index contributed by atoms with van der Waals surface area (Å²) in [5.41, 5.74) is 10.00. The van der Waals surface area contributed by atoms with Crippen molar-refractivity contribution in [2.75, 3.05) is 57.9 Å². The van der Waals surface area contributed by atoms with Crippen LogP contribution in [0.15, 0.2) is 4.99 Å². The first-order chi connectivity index (χ1) is 16.0. The van der Waals surface area contributed by atoms with Gasteiger partial charge in [0.2, 0.25) is 11.8 Å². The Morgan fingerprint density at radius 3 is 2.32 bits per heavy atom. The van der Waals surface area contributed by atoms with Gasteiger partial charge in [-0.15, -0.1) is 0 Å². The normalized spacial score (nSPS) is 16.1. The molecule has 1 saturated heterocycles. The molecule has 1 fully saturated rings. The Balaban J connectivity index is 2.75. The van der Waals surface area contributed by atoms with E-state index < -0.39 is 29.7 Å². The average Bonchev–Trinajstić information content (AvgIpc) is 2.74. The van der Waals surface area contributed by atoms with Gasteiger partial charge in [0.1, 0.15) is 17.7 Å². The number of carbonyl (C=O) groups excluding carboxylic acids is 3. The lowest BCUT2D eigenvalue weighted by molar-refractivity contribution is -0.130. The lowest BCUT2D eigenvalue weighted by Crippen LogP contribution is -2.55. The maximum absolute atomic E-state index is 13.0. The largest absolute Gasteiger partial charge is 0.444 e. The van der Waals surface area contributed by atoms with E-state index in [1.54, 1.807) is 32.5 Å². The van der Waals surface area contributed by atoms with E-state index >= 15 is 0 Å². The average molecular weight is 504 g/mol. The monoisotopic (exact) mass is 503 g/mol. The number of aliphatic imine (C=N–C) groups is 1. The summed E-state index contributed by atoms with van der Waals surface area (Å²) in [7, 11) is 0. The minimum atomic E-state index is -0.976. The number of hydrogen-bond acceptors (Lipinski definition) is 8. The number of thioether (sulfide) groups is 1. The molecule has 0 spiro atoms. The quantitative estimate of drug-likeness (QED) is 0.160.